The third-order valence-corrected chi connectivity index (χ3v) is 8.16. The van der Waals surface area contributed by atoms with Gasteiger partial charge in [0.15, 0.2) is 0 Å². The lowest BCUT2D eigenvalue weighted by Crippen LogP contribution is -2.14. The number of aromatic nitrogens is 2. The van der Waals surface area contributed by atoms with E-state index in [0.717, 1.165) is 5.52 Å². The summed E-state index contributed by atoms with van der Waals surface area (Å²) in [7, 11) is 1.80. The summed E-state index contributed by atoms with van der Waals surface area (Å²) in [5, 5.41) is 6.45. The first-order chi connectivity index (χ1) is 14.4. The summed E-state index contributed by atoms with van der Waals surface area (Å²) in [6.45, 7) is 9.13. The van der Waals surface area contributed by atoms with E-state index in [2.05, 4.69) is 102 Å². The second kappa shape index (κ2) is 6.24. The number of halogens is 1. The minimum atomic E-state index is 0.0226. The molecule has 0 radical (unpaired) electrons. The van der Waals surface area contributed by atoms with Crippen LogP contribution < -0.4 is 0 Å². The molecule has 0 spiro atoms. The Labute approximate surface area is 191 Å². The molecule has 0 aliphatic rings. The van der Waals surface area contributed by atoms with Gasteiger partial charge >= 0.3 is 0 Å². The summed E-state index contributed by atoms with van der Waals surface area (Å²) in [6.07, 6.45) is 1.96. The molecule has 6 rings (SSSR count). The van der Waals surface area contributed by atoms with Crippen molar-refractivity contribution in [2.24, 2.45) is 0 Å². The van der Waals surface area contributed by atoms with Gasteiger partial charge in [0.2, 0.25) is 0 Å². The number of nitrogens with zero attached hydrogens (tertiary/aromatic N) is 2. The van der Waals surface area contributed by atoms with E-state index in [9.17, 15) is 0 Å². The smallest absolute Gasteiger partial charge is 0.0822 e. The summed E-state index contributed by atoms with van der Waals surface area (Å²) in [4.78, 5) is 6.25. The molecule has 0 amide bonds. The summed E-state index contributed by atoms with van der Waals surface area (Å²) < 4.78 is 2.52. The van der Waals surface area contributed by atoms with E-state index in [1.807, 2.05) is 6.20 Å². The summed E-state index contributed by atoms with van der Waals surface area (Å²) in [6, 6.07) is 18.0. The molecule has 0 saturated carbocycles. The zero-order valence-corrected chi connectivity index (χ0v) is 20.4. The molecule has 3 aromatic carbocycles. The average Bonchev–Trinajstić information content (AvgIpc) is 3.07. The lowest BCUT2D eigenvalue weighted by atomic mass is 9.84. The minimum absolute atomic E-state index is 0.0226. The summed E-state index contributed by atoms with van der Waals surface area (Å²) in [5.74, 6) is 0. The van der Waals surface area contributed by atoms with Gasteiger partial charge in [0, 0.05) is 53.8 Å². The highest BCUT2D eigenvalue weighted by Gasteiger charge is 2.26. The van der Waals surface area contributed by atoms with Gasteiger partial charge in [-0.1, -0.05) is 59.5 Å². The van der Waals surface area contributed by atoms with Crippen LogP contribution in [-0.4, -0.2) is 9.38 Å². The molecule has 2 nitrogen and oxygen atoms in total. The molecule has 0 saturated heterocycles. The second-order valence-corrected chi connectivity index (χ2v) is 11.2. The number of pyridine rings is 2. The highest BCUT2D eigenvalue weighted by molar-refractivity contribution is 14.2. The van der Waals surface area contributed by atoms with E-state index in [1.165, 1.54) is 59.5 Å². The fraction of sp³-hybridized carbons (Fsp3) is 0.192. The Morgan fingerprint density at radius 3 is 2.50 bits per heavy atom. The Morgan fingerprint density at radius 2 is 1.73 bits per heavy atom. The average molecular weight is 520 g/mol. The topological polar surface area (TPSA) is 17.3 Å². The Balaban J connectivity index is 2.11. The molecule has 0 aliphatic carbocycles. The van der Waals surface area contributed by atoms with Crippen molar-refractivity contribution in [2.45, 2.75) is 38.0 Å². The van der Waals surface area contributed by atoms with E-state index >= 15 is 0 Å². The number of aryl methyl sites for hydroxylation is 1. The second-order valence-electron chi connectivity index (χ2n) is 9.24. The number of hydrogen-bond acceptors (Lipinski definition) is 2. The number of hydrogen-bond donors (Lipinski definition) is 0. The van der Waals surface area contributed by atoms with Gasteiger partial charge in [-0.25, -0.2) is 0 Å². The Morgan fingerprint density at radius 1 is 0.933 bits per heavy atom. The highest BCUT2D eigenvalue weighted by atomic mass is 127. The SMILES string of the molecule is Cc1cc(C(C)(C)C)c2c(c1)c1nccc3cc(SI)c4c5ccccc5n2c4c31. The van der Waals surface area contributed by atoms with Gasteiger partial charge < -0.3 is 4.40 Å². The normalized spacial score (nSPS) is 13.0. The molecule has 3 heterocycles. The van der Waals surface area contributed by atoms with Crippen LogP contribution in [0.2, 0.25) is 0 Å². The molecular weight excluding hydrogens is 499 g/mol. The Bertz CT molecular complexity index is 1620. The maximum Gasteiger partial charge on any atom is 0.0822 e. The molecule has 30 heavy (non-hydrogen) atoms. The fourth-order valence-corrected chi connectivity index (χ4v) is 6.55. The third kappa shape index (κ3) is 2.35. The lowest BCUT2D eigenvalue weighted by molar-refractivity contribution is 0.594. The highest BCUT2D eigenvalue weighted by Crippen LogP contribution is 2.47. The van der Waals surface area contributed by atoms with Gasteiger partial charge in [-0.2, -0.15) is 0 Å². The number of rotatable bonds is 1. The molecule has 6 aromatic rings. The van der Waals surface area contributed by atoms with E-state index in [0.29, 0.717) is 0 Å². The van der Waals surface area contributed by atoms with Crippen molar-refractivity contribution >= 4 is 79.1 Å². The molecule has 3 aromatic heterocycles. The van der Waals surface area contributed by atoms with Crippen molar-refractivity contribution in [3.8, 4) is 0 Å². The van der Waals surface area contributed by atoms with Gasteiger partial charge in [0.1, 0.15) is 0 Å². The molecule has 148 valence electrons. The van der Waals surface area contributed by atoms with Crippen molar-refractivity contribution in [1.82, 2.24) is 9.38 Å². The molecule has 0 atom stereocenters. The number of para-hydroxylation sites is 1. The van der Waals surface area contributed by atoms with Crippen LogP contribution >= 0.6 is 30.1 Å². The maximum atomic E-state index is 4.93. The van der Waals surface area contributed by atoms with Crippen molar-refractivity contribution in [3.63, 3.8) is 0 Å². The van der Waals surface area contributed by atoms with Gasteiger partial charge in [-0.05, 0) is 47.6 Å². The summed E-state index contributed by atoms with van der Waals surface area (Å²) in [5.41, 5.74) is 7.67. The van der Waals surface area contributed by atoms with Crippen molar-refractivity contribution in [2.75, 3.05) is 0 Å². The minimum Gasteiger partial charge on any atom is -0.308 e. The molecular formula is C26H21IN2S. The van der Waals surface area contributed by atoms with Crippen LogP contribution in [0.1, 0.15) is 31.9 Å². The predicted octanol–water partition coefficient (Wildman–Crippen LogP) is 8.43. The van der Waals surface area contributed by atoms with E-state index in [1.54, 1.807) is 8.93 Å². The third-order valence-electron chi connectivity index (χ3n) is 6.25. The van der Waals surface area contributed by atoms with Crippen LogP contribution in [0.25, 0.3) is 49.0 Å². The molecule has 0 unspecified atom stereocenters. The molecule has 0 N–H and O–H groups in total. The lowest BCUT2D eigenvalue weighted by Gasteiger charge is -2.24. The largest absolute Gasteiger partial charge is 0.308 e. The van der Waals surface area contributed by atoms with Crippen LogP contribution in [0.4, 0.5) is 0 Å². The Hall–Kier alpha value is -2.05. The zero-order valence-electron chi connectivity index (χ0n) is 17.4. The monoisotopic (exact) mass is 520 g/mol. The van der Waals surface area contributed by atoms with Crippen LogP contribution in [0.5, 0.6) is 0 Å². The summed E-state index contributed by atoms with van der Waals surface area (Å²) >= 11 is 2.42. The van der Waals surface area contributed by atoms with Crippen LogP contribution in [0.3, 0.4) is 0 Å². The zero-order chi connectivity index (χ0) is 20.8. The van der Waals surface area contributed by atoms with Crippen molar-refractivity contribution < 1.29 is 0 Å². The van der Waals surface area contributed by atoms with Crippen molar-refractivity contribution in [3.05, 3.63) is 65.9 Å². The molecule has 0 bridgehead atoms. The van der Waals surface area contributed by atoms with E-state index in [4.69, 9.17) is 4.98 Å². The van der Waals surface area contributed by atoms with Crippen LogP contribution in [0, 0.1) is 6.92 Å². The van der Waals surface area contributed by atoms with E-state index < -0.39 is 0 Å². The molecule has 0 aliphatic heterocycles. The number of fused-ring (bicyclic) bond motifs is 6. The van der Waals surface area contributed by atoms with Gasteiger partial charge in [0.05, 0.1) is 22.1 Å². The van der Waals surface area contributed by atoms with Gasteiger partial charge in [0.25, 0.3) is 0 Å². The Kier molecular flexibility index (Phi) is 3.89. The van der Waals surface area contributed by atoms with Crippen LogP contribution in [-0.2, 0) is 5.41 Å². The van der Waals surface area contributed by atoms with Gasteiger partial charge in [-0.3, -0.25) is 4.98 Å². The van der Waals surface area contributed by atoms with Crippen molar-refractivity contribution in [1.29, 1.82) is 0 Å². The number of benzene rings is 3. The predicted molar refractivity (Wildman–Crippen MR) is 140 cm³/mol. The van der Waals surface area contributed by atoms with Gasteiger partial charge in [-0.15, -0.1) is 0 Å². The maximum absolute atomic E-state index is 4.93. The van der Waals surface area contributed by atoms with Crippen LogP contribution in [0.15, 0.2) is 59.6 Å². The molecule has 0 fully saturated rings. The first-order valence-electron chi connectivity index (χ1n) is 10.2. The first-order valence-corrected chi connectivity index (χ1v) is 13.6. The van der Waals surface area contributed by atoms with E-state index in [-0.39, 0.29) is 5.41 Å². The standard InChI is InChI=1S/C26H21IN2S/c1-14-11-17-23-21-15(9-10-28-23)13-20(30-27)22-16-7-5-6-8-19(16)29(25(21)22)24(17)18(12-14)26(2,3)4/h5-13H,1-4H3. The fourth-order valence-electron chi connectivity index (χ4n) is 5.05. The molecule has 4 heteroatoms. The first kappa shape index (κ1) is 18.7. The quantitative estimate of drug-likeness (QED) is 0.123.